The van der Waals surface area contributed by atoms with E-state index in [4.69, 9.17) is 10.5 Å². The minimum absolute atomic E-state index is 0.204. The van der Waals surface area contributed by atoms with Crippen LogP contribution in [0.5, 0.6) is 0 Å². The van der Waals surface area contributed by atoms with E-state index in [0.29, 0.717) is 35.2 Å². The lowest BCUT2D eigenvalue weighted by Crippen LogP contribution is -2.27. The van der Waals surface area contributed by atoms with E-state index in [2.05, 4.69) is 10.3 Å². The standard InChI is InChI=1S/C30H29N3O3/c1-21(22-11-3-2-4-12-22)36-30(35)28(31)26-16-7-5-14-24(26)25-15-6-8-17-27(25)29(34)33-20-18-23-13-9-10-19-32-23/h2-17,19,21,28H,18,20,31H2,1H3,(H,33,34)/t21?,28-/m0/s1. The van der Waals surface area contributed by atoms with Crippen molar-refractivity contribution in [1.29, 1.82) is 0 Å². The van der Waals surface area contributed by atoms with Crippen LogP contribution in [-0.2, 0) is 16.0 Å². The quantitative estimate of drug-likeness (QED) is 0.329. The maximum atomic E-state index is 13.1. The third kappa shape index (κ3) is 6.03. The van der Waals surface area contributed by atoms with Gasteiger partial charge in [-0.2, -0.15) is 0 Å². The van der Waals surface area contributed by atoms with Crippen LogP contribution in [0.1, 0.15) is 46.2 Å². The molecule has 0 aliphatic rings. The van der Waals surface area contributed by atoms with Crippen LogP contribution in [0, 0.1) is 0 Å². The highest BCUT2D eigenvalue weighted by Gasteiger charge is 2.24. The molecule has 0 saturated heterocycles. The molecule has 1 aromatic heterocycles. The Bertz CT molecular complexity index is 1310. The molecule has 36 heavy (non-hydrogen) atoms. The summed E-state index contributed by atoms with van der Waals surface area (Å²) < 4.78 is 5.67. The normalized spacial score (nSPS) is 12.4. The zero-order valence-electron chi connectivity index (χ0n) is 20.1. The molecule has 0 bridgehead atoms. The van der Waals surface area contributed by atoms with Gasteiger partial charge in [0, 0.05) is 30.4 Å². The third-order valence-corrected chi connectivity index (χ3v) is 5.97. The van der Waals surface area contributed by atoms with Crippen molar-refractivity contribution in [2.45, 2.75) is 25.5 Å². The molecule has 4 aromatic rings. The fraction of sp³-hybridized carbons (Fsp3) is 0.167. The fourth-order valence-corrected chi connectivity index (χ4v) is 4.04. The van der Waals surface area contributed by atoms with Gasteiger partial charge in [-0.1, -0.05) is 78.9 Å². The maximum Gasteiger partial charge on any atom is 0.328 e. The molecule has 6 heteroatoms. The van der Waals surface area contributed by atoms with E-state index in [1.54, 1.807) is 18.3 Å². The maximum absolute atomic E-state index is 13.1. The van der Waals surface area contributed by atoms with Gasteiger partial charge in [0.1, 0.15) is 12.1 Å². The first-order chi connectivity index (χ1) is 17.5. The molecule has 0 spiro atoms. The molecule has 6 nitrogen and oxygen atoms in total. The fourth-order valence-electron chi connectivity index (χ4n) is 4.04. The van der Waals surface area contributed by atoms with Crippen LogP contribution in [-0.4, -0.2) is 23.4 Å². The van der Waals surface area contributed by atoms with Crippen molar-refractivity contribution < 1.29 is 14.3 Å². The Hall–Kier alpha value is -4.29. The molecule has 3 aromatic carbocycles. The molecule has 0 aliphatic heterocycles. The lowest BCUT2D eigenvalue weighted by atomic mass is 9.92. The van der Waals surface area contributed by atoms with Crippen LogP contribution < -0.4 is 11.1 Å². The molecule has 182 valence electrons. The van der Waals surface area contributed by atoms with E-state index in [9.17, 15) is 9.59 Å². The first-order valence-electron chi connectivity index (χ1n) is 11.9. The number of hydrogen-bond acceptors (Lipinski definition) is 5. The van der Waals surface area contributed by atoms with E-state index >= 15 is 0 Å². The molecule has 0 aliphatic carbocycles. The van der Waals surface area contributed by atoms with Crippen LogP contribution in [0.25, 0.3) is 11.1 Å². The highest BCUT2D eigenvalue weighted by molar-refractivity contribution is 6.01. The first-order valence-corrected chi connectivity index (χ1v) is 11.9. The first kappa shape index (κ1) is 24.8. The second kappa shape index (κ2) is 11.9. The second-order valence-electron chi connectivity index (χ2n) is 8.43. The van der Waals surface area contributed by atoms with Gasteiger partial charge in [0.25, 0.3) is 5.91 Å². The van der Waals surface area contributed by atoms with E-state index in [1.165, 1.54) is 0 Å². The molecule has 3 N–H and O–H groups in total. The number of nitrogens with one attached hydrogen (secondary N) is 1. The molecular formula is C30H29N3O3. The Kier molecular flexibility index (Phi) is 8.21. The number of nitrogens with zero attached hydrogens (tertiary/aromatic N) is 1. The third-order valence-electron chi connectivity index (χ3n) is 5.97. The van der Waals surface area contributed by atoms with Crippen LogP contribution in [0.3, 0.4) is 0 Å². The molecule has 2 atom stereocenters. The van der Waals surface area contributed by atoms with E-state index in [1.807, 2.05) is 91.9 Å². The molecule has 0 fully saturated rings. The summed E-state index contributed by atoms with van der Waals surface area (Å²) >= 11 is 0. The smallest absolute Gasteiger partial charge is 0.328 e. The van der Waals surface area contributed by atoms with Gasteiger partial charge in [-0.3, -0.25) is 9.78 Å². The Morgan fingerprint density at radius 3 is 2.28 bits per heavy atom. The predicted octanol–water partition coefficient (Wildman–Crippen LogP) is 5.03. The summed E-state index contributed by atoms with van der Waals surface area (Å²) in [5.41, 5.74) is 10.7. The molecule has 1 amide bonds. The van der Waals surface area contributed by atoms with Gasteiger partial charge in [-0.25, -0.2) is 4.79 Å². The SMILES string of the molecule is CC(OC(=O)[C@@H](N)c1ccccc1-c1ccccc1C(=O)NCCc1ccccn1)c1ccccc1. The van der Waals surface area contributed by atoms with Crippen molar-refractivity contribution in [2.24, 2.45) is 5.73 Å². The molecule has 0 saturated carbocycles. The van der Waals surface area contributed by atoms with Crippen molar-refractivity contribution in [1.82, 2.24) is 10.3 Å². The van der Waals surface area contributed by atoms with Gasteiger partial charge < -0.3 is 15.8 Å². The average Bonchev–Trinajstić information content (AvgIpc) is 2.93. The van der Waals surface area contributed by atoms with E-state index in [0.717, 1.165) is 11.3 Å². The zero-order chi connectivity index (χ0) is 25.3. The minimum Gasteiger partial charge on any atom is -0.456 e. The number of carbonyl (C=O) groups is 2. The number of hydrogen-bond donors (Lipinski definition) is 2. The van der Waals surface area contributed by atoms with Gasteiger partial charge in [0.2, 0.25) is 0 Å². The van der Waals surface area contributed by atoms with Crippen molar-refractivity contribution in [3.8, 4) is 11.1 Å². The van der Waals surface area contributed by atoms with Gasteiger partial charge in [0.05, 0.1) is 0 Å². The Morgan fingerprint density at radius 2 is 1.53 bits per heavy atom. The molecule has 0 radical (unpaired) electrons. The van der Waals surface area contributed by atoms with Crippen molar-refractivity contribution in [3.63, 3.8) is 0 Å². The summed E-state index contributed by atoms with van der Waals surface area (Å²) in [7, 11) is 0. The van der Waals surface area contributed by atoms with Crippen molar-refractivity contribution >= 4 is 11.9 Å². The minimum atomic E-state index is -1.01. The summed E-state index contributed by atoms with van der Waals surface area (Å²) in [6.45, 7) is 2.27. The zero-order valence-corrected chi connectivity index (χ0v) is 20.1. The second-order valence-corrected chi connectivity index (χ2v) is 8.43. The predicted molar refractivity (Wildman–Crippen MR) is 140 cm³/mol. The number of esters is 1. The number of ether oxygens (including phenoxy) is 1. The number of nitrogens with two attached hydrogens (primary N) is 1. The van der Waals surface area contributed by atoms with Gasteiger partial charge in [-0.15, -0.1) is 0 Å². The summed E-state index contributed by atoms with van der Waals surface area (Å²) in [6.07, 6.45) is 1.92. The average molecular weight is 480 g/mol. The highest BCUT2D eigenvalue weighted by Crippen LogP contribution is 2.31. The van der Waals surface area contributed by atoms with Gasteiger partial charge >= 0.3 is 5.97 Å². The lowest BCUT2D eigenvalue weighted by molar-refractivity contribution is -0.150. The highest BCUT2D eigenvalue weighted by atomic mass is 16.5. The number of aromatic nitrogens is 1. The topological polar surface area (TPSA) is 94.3 Å². The van der Waals surface area contributed by atoms with Gasteiger partial charge in [-0.05, 0) is 47.4 Å². The largest absolute Gasteiger partial charge is 0.456 e. The Morgan fingerprint density at radius 1 is 0.861 bits per heavy atom. The van der Waals surface area contributed by atoms with E-state index in [-0.39, 0.29) is 5.91 Å². The van der Waals surface area contributed by atoms with Crippen LogP contribution in [0.4, 0.5) is 0 Å². The number of amides is 1. The van der Waals surface area contributed by atoms with Gasteiger partial charge in [0.15, 0.2) is 0 Å². The summed E-state index contributed by atoms with van der Waals surface area (Å²) in [6, 6.07) is 28.8. The molecule has 4 rings (SSSR count). The van der Waals surface area contributed by atoms with E-state index < -0.39 is 18.1 Å². The number of carbonyl (C=O) groups excluding carboxylic acids is 2. The molecular weight excluding hydrogens is 450 g/mol. The van der Waals surface area contributed by atoms with Crippen molar-refractivity contribution in [2.75, 3.05) is 6.54 Å². The van der Waals surface area contributed by atoms with Crippen molar-refractivity contribution in [3.05, 3.63) is 126 Å². The number of benzene rings is 3. The summed E-state index contributed by atoms with van der Waals surface area (Å²) in [5, 5.41) is 2.97. The van der Waals surface area contributed by atoms with Crippen LogP contribution in [0.15, 0.2) is 103 Å². The summed E-state index contributed by atoms with van der Waals surface area (Å²) in [5.74, 6) is -0.735. The van der Waals surface area contributed by atoms with Crippen LogP contribution in [0.2, 0.25) is 0 Å². The lowest BCUT2D eigenvalue weighted by Gasteiger charge is -2.20. The Labute approximate surface area is 211 Å². The molecule has 1 heterocycles. The summed E-state index contributed by atoms with van der Waals surface area (Å²) in [4.78, 5) is 30.4. The number of rotatable bonds is 9. The molecule has 1 unspecified atom stereocenters. The monoisotopic (exact) mass is 479 g/mol. The Balaban J connectivity index is 1.52. The number of pyridine rings is 1. The van der Waals surface area contributed by atoms with Crippen LogP contribution >= 0.6 is 0 Å².